The third-order valence-corrected chi connectivity index (χ3v) is 8.31. The molecule has 2 aromatic rings. The number of nitrogens with zero attached hydrogens (tertiary/aromatic N) is 6. The van der Waals surface area contributed by atoms with Crippen molar-refractivity contribution in [1.82, 2.24) is 29.4 Å². The summed E-state index contributed by atoms with van der Waals surface area (Å²) in [6.07, 6.45) is -3.62. The summed E-state index contributed by atoms with van der Waals surface area (Å²) in [7, 11) is 0. The summed E-state index contributed by atoms with van der Waals surface area (Å²) >= 11 is 0. The van der Waals surface area contributed by atoms with Crippen LogP contribution < -0.4 is 0 Å². The topological polar surface area (TPSA) is 87.7 Å². The minimum absolute atomic E-state index is 0.200. The largest absolute Gasteiger partial charge is 0.299 e. The number of rotatable bonds is 4. The summed E-state index contributed by atoms with van der Waals surface area (Å²) in [5, 5.41) is 0. The van der Waals surface area contributed by atoms with Gasteiger partial charge >= 0.3 is 0 Å². The molecule has 0 spiro atoms. The van der Waals surface area contributed by atoms with E-state index in [0.717, 1.165) is 11.1 Å². The van der Waals surface area contributed by atoms with E-state index in [-0.39, 0.29) is 23.6 Å². The van der Waals surface area contributed by atoms with Crippen molar-refractivity contribution in [3.63, 3.8) is 0 Å². The molecule has 5 aliphatic heterocycles. The van der Waals surface area contributed by atoms with E-state index in [1.807, 2.05) is 60.7 Å². The highest BCUT2D eigenvalue weighted by atomic mass is 16.2. The van der Waals surface area contributed by atoms with Gasteiger partial charge in [-0.25, -0.2) is 0 Å². The Morgan fingerprint density at radius 3 is 1.00 bits per heavy atom. The molecule has 5 heterocycles. The first-order chi connectivity index (χ1) is 18.2. The Kier molecular flexibility index (Phi) is 5.77. The lowest BCUT2D eigenvalue weighted by atomic mass is 10.1. The highest BCUT2D eigenvalue weighted by Crippen LogP contribution is 2.52. The van der Waals surface area contributed by atoms with Crippen LogP contribution in [-0.2, 0) is 32.3 Å². The fourth-order valence-corrected chi connectivity index (χ4v) is 7.13. The molecule has 0 saturated carbocycles. The molecule has 10 nitrogen and oxygen atoms in total. The van der Waals surface area contributed by atoms with E-state index in [9.17, 15) is 19.2 Å². The van der Waals surface area contributed by atoms with Gasteiger partial charge in [0.2, 0.25) is 23.6 Å². The van der Waals surface area contributed by atoms with Crippen LogP contribution in [0.15, 0.2) is 60.7 Å². The van der Waals surface area contributed by atoms with Crippen molar-refractivity contribution < 1.29 is 19.2 Å². The van der Waals surface area contributed by atoms with Crippen LogP contribution >= 0.6 is 0 Å². The summed E-state index contributed by atoms with van der Waals surface area (Å²) in [6.45, 7) is 6.90. The maximum absolute atomic E-state index is 13.4. The van der Waals surface area contributed by atoms with Crippen LogP contribution in [0.25, 0.3) is 0 Å². The number of carbonyl (C=O) groups is 4. The molecular formula is C28H32N6O4. The van der Waals surface area contributed by atoms with Crippen molar-refractivity contribution in [2.45, 2.75) is 77.8 Å². The molecular weight excluding hydrogens is 484 g/mol. The zero-order valence-corrected chi connectivity index (χ0v) is 22.0. The van der Waals surface area contributed by atoms with Crippen molar-refractivity contribution in [2.75, 3.05) is 0 Å². The Hall–Kier alpha value is -3.76. The third kappa shape index (κ3) is 3.40. The first kappa shape index (κ1) is 24.6. The van der Waals surface area contributed by atoms with Gasteiger partial charge in [0.25, 0.3) is 0 Å². The van der Waals surface area contributed by atoms with Crippen molar-refractivity contribution in [3.05, 3.63) is 71.8 Å². The third-order valence-electron chi connectivity index (χ3n) is 8.31. The van der Waals surface area contributed by atoms with E-state index in [1.54, 1.807) is 19.6 Å². The van der Waals surface area contributed by atoms with Gasteiger partial charge in [-0.3, -0.25) is 48.6 Å². The quantitative estimate of drug-likeness (QED) is 0.611. The molecule has 38 heavy (non-hydrogen) atoms. The monoisotopic (exact) mass is 516 g/mol. The van der Waals surface area contributed by atoms with Crippen molar-refractivity contribution in [1.29, 1.82) is 0 Å². The van der Waals surface area contributed by atoms with E-state index in [4.69, 9.17) is 0 Å². The van der Waals surface area contributed by atoms with Gasteiger partial charge < -0.3 is 0 Å². The Morgan fingerprint density at radius 2 is 0.737 bits per heavy atom. The second kappa shape index (κ2) is 8.92. The number of hydrogen-bond acceptors (Lipinski definition) is 6. The van der Waals surface area contributed by atoms with Crippen LogP contribution in [0.2, 0.25) is 0 Å². The first-order valence-electron chi connectivity index (χ1n) is 13.0. The fourth-order valence-electron chi connectivity index (χ4n) is 7.13. The molecule has 10 heteroatoms. The van der Waals surface area contributed by atoms with E-state index >= 15 is 0 Å². The average Bonchev–Trinajstić information content (AvgIpc) is 3.29. The highest BCUT2D eigenvalue weighted by molar-refractivity contribution is 5.83. The minimum atomic E-state index is -0.666. The molecule has 2 aromatic carbocycles. The summed E-state index contributed by atoms with van der Waals surface area (Å²) in [4.78, 5) is 64.7. The summed E-state index contributed by atoms with van der Waals surface area (Å²) in [6, 6.07) is 19.7. The van der Waals surface area contributed by atoms with E-state index in [1.165, 1.54) is 27.7 Å². The maximum Gasteiger partial charge on any atom is 0.222 e. The van der Waals surface area contributed by atoms with E-state index in [2.05, 4.69) is 9.80 Å². The first-order valence-corrected chi connectivity index (χ1v) is 13.0. The normalized spacial score (nSPS) is 29.8. The number of benzene rings is 2. The summed E-state index contributed by atoms with van der Waals surface area (Å²) in [5.41, 5.74) is 2.03. The molecule has 6 bridgehead atoms. The van der Waals surface area contributed by atoms with Crippen LogP contribution in [0.5, 0.6) is 0 Å². The second-order valence-corrected chi connectivity index (χ2v) is 10.5. The lowest BCUT2D eigenvalue weighted by molar-refractivity contribution is -0.186. The number of hydrogen-bond donors (Lipinski definition) is 0. The van der Waals surface area contributed by atoms with Crippen molar-refractivity contribution in [2.24, 2.45) is 0 Å². The van der Waals surface area contributed by atoms with Crippen LogP contribution in [0, 0.1) is 0 Å². The Morgan fingerprint density at radius 1 is 0.474 bits per heavy atom. The molecule has 198 valence electrons. The molecule has 0 radical (unpaired) electrons. The van der Waals surface area contributed by atoms with Gasteiger partial charge in [-0.1, -0.05) is 60.7 Å². The molecule has 0 N–H and O–H groups in total. The number of amides is 4. The maximum atomic E-state index is 13.4. The minimum Gasteiger partial charge on any atom is -0.299 e. The fraction of sp³-hybridized carbons (Fsp3) is 0.429. The zero-order valence-electron chi connectivity index (χ0n) is 22.0. The van der Waals surface area contributed by atoms with Crippen LogP contribution in [0.1, 0.15) is 38.8 Å². The number of piperazine rings is 1. The standard InChI is InChI=1S/C28H32N6O4/c1-17(35)31-23-24-30(16-22-13-9-6-10-14-22)26-28(32(24)18(2)36)34(20(4)38)25(27(31)33(26)19(3)37)29(23)15-21-11-7-5-8-12-21/h5-14,23-28H,15-16H2,1-4H3. The molecule has 4 amide bonds. The lowest BCUT2D eigenvalue weighted by Gasteiger charge is -2.54. The van der Waals surface area contributed by atoms with Gasteiger partial charge in [-0.2, -0.15) is 0 Å². The molecule has 0 aromatic heterocycles. The Balaban J connectivity index is 1.60. The highest BCUT2D eigenvalue weighted by Gasteiger charge is 2.74. The van der Waals surface area contributed by atoms with Crippen LogP contribution in [-0.4, -0.2) is 90.0 Å². The SMILES string of the molecule is CC(=O)N1C2C3N(Cc4ccccc4)C4C(N3C(C)=O)N(C(C)=O)C(C1N4C(C)=O)N2Cc1ccccc1. The van der Waals surface area contributed by atoms with Gasteiger partial charge in [0.1, 0.15) is 37.0 Å². The molecule has 7 rings (SSSR count). The van der Waals surface area contributed by atoms with E-state index < -0.39 is 37.0 Å². The molecule has 5 aliphatic rings. The molecule has 6 atom stereocenters. The lowest BCUT2D eigenvalue weighted by Crippen LogP contribution is -2.75. The van der Waals surface area contributed by atoms with Gasteiger partial charge in [0.15, 0.2) is 0 Å². The molecule has 5 saturated heterocycles. The number of carbonyl (C=O) groups excluding carboxylic acids is 4. The second-order valence-electron chi connectivity index (χ2n) is 10.5. The van der Waals surface area contributed by atoms with Gasteiger partial charge in [0, 0.05) is 40.8 Å². The summed E-state index contributed by atoms with van der Waals surface area (Å²) in [5.74, 6) is -0.809. The molecule has 5 fully saturated rings. The molecule has 0 aliphatic carbocycles. The average molecular weight is 517 g/mol. The summed E-state index contributed by atoms with van der Waals surface area (Å²) < 4.78 is 0. The van der Waals surface area contributed by atoms with E-state index in [0.29, 0.717) is 13.1 Å². The van der Waals surface area contributed by atoms with Crippen molar-refractivity contribution in [3.8, 4) is 0 Å². The van der Waals surface area contributed by atoms with Crippen LogP contribution in [0.4, 0.5) is 0 Å². The molecule has 6 unspecified atom stereocenters. The Bertz CT molecular complexity index is 1190. The smallest absolute Gasteiger partial charge is 0.222 e. The van der Waals surface area contributed by atoms with Gasteiger partial charge in [-0.15, -0.1) is 0 Å². The van der Waals surface area contributed by atoms with Crippen LogP contribution in [0.3, 0.4) is 0 Å². The van der Waals surface area contributed by atoms with Crippen molar-refractivity contribution >= 4 is 23.6 Å². The zero-order chi connectivity index (χ0) is 26.9. The van der Waals surface area contributed by atoms with Gasteiger partial charge in [0.05, 0.1) is 0 Å². The predicted molar refractivity (Wildman–Crippen MR) is 137 cm³/mol. The van der Waals surface area contributed by atoms with Gasteiger partial charge in [-0.05, 0) is 11.1 Å². The predicted octanol–water partition coefficient (Wildman–Crippen LogP) is 1.40. The Labute approximate surface area is 222 Å².